The second-order valence-corrected chi connectivity index (χ2v) is 20.6. The molecule has 0 aromatic heterocycles. The molecule has 0 N–H and O–H groups in total. The Labute approximate surface area is 167 Å². The zero-order valence-corrected chi connectivity index (χ0v) is 21.6. The van der Waals surface area contributed by atoms with Crippen LogP contribution in [0.1, 0.15) is 75.2 Å². The lowest BCUT2D eigenvalue weighted by Crippen LogP contribution is -2.43. The second kappa shape index (κ2) is 10.3. The van der Waals surface area contributed by atoms with Crippen molar-refractivity contribution in [1.29, 1.82) is 0 Å². The summed E-state index contributed by atoms with van der Waals surface area (Å²) in [5.41, 5.74) is 5.90. The van der Waals surface area contributed by atoms with Gasteiger partial charge in [-0.25, -0.2) is 0 Å². The van der Waals surface area contributed by atoms with Gasteiger partial charge >= 0.3 is 0 Å². The molecule has 0 fully saturated rings. The van der Waals surface area contributed by atoms with E-state index in [1.54, 1.807) is 0 Å². The summed E-state index contributed by atoms with van der Waals surface area (Å²) < 4.78 is 6.31. The van der Waals surface area contributed by atoms with Crippen LogP contribution in [0.25, 0.3) is 0 Å². The molecule has 0 aromatic rings. The Balaban J connectivity index is 4.99. The Bertz CT molecular complexity index is 465. The van der Waals surface area contributed by atoms with Crippen LogP contribution in [0.2, 0.25) is 34.8 Å². The summed E-state index contributed by atoms with van der Waals surface area (Å²) in [5.74, 6) is 3.92. The lowest BCUT2D eigenvalue weighted by molar-refractivity contribution is 0.276. The molecule has 0 amide bonds. The molecule has 3 heteroatoms. The van der Waals surface area contributed by atoms with E-state index in [9.17, 15) is 0 Å². The minimum atomic E-state index is -1.64. The maximum absolute atomic E-state index is 6.31. The van der Waals surface area contributed by atoms with E-state index in [2.05, 4.69) is 93.5 Å². The molecular formula is C23H46OSi2. The first-order chi connectivity index (χ1) is 11.7. The first-order valence-electron chi connectivity index (χ1n) is 10.5. The number of hydrogen-bond donors (Lipinski definition) is 0. The zero-order chi connectivity index (χ0) is 20.8. The Kier molecular flexibility index (Phi) is 10.2. The molecule has 0 spiro atoms. The van der Waals surface area contributed by atoms with Gasteiger partial charge in [-0.1, -0.05) is 68.4 Å². The topological polar surface area (TPSA) is 9.23 Å². The average molecular weight is 395 g/mol. The molecule has 0 radical (unpaired) electrons. The molecule has 26 heavy (non-hydrogen) atoms. The fourth-order valence-electron chi connectivity index (χ4n) is 3.75. The molecule has 0 aliphatic rings. The third kappa shape index (κ3) is 6.69. The summed E-state index contributed by atoms with van der Waals surface area (Å²) >= 11 is 0. The molecule has 0 rings (SSSR count). The summed E-state index contributed by atoms with van der Waals surface area (Å²) in [6, 6.07) is 0. The smallest absolute Gasteiger partial charge is 0.191 e. The molecule has 0 bridgehead atoms. The molecule has 1 nitrogen and oxygen atoms in total. The predicted octanol–water partition coefficient (Wildman–Crippen LogP) is 7.81. The SMILES string of the molecule is C=C[C@@H](C#C[Si](C(C)C)(C(C)C)C(C)C)CCCO[Si](C)(C)C(C)(C)C. The molecule has 0 heterocycles. The summed E-state index contributed by atoms with van der Waals surface area (Å²) in [5, 5.41) is 0.279. The van der Waals surface area contributed by atoms with Gasteiger partial charge in [0.2, 0.25) is 0 Å². The summed E-state index contributed by atoms with van der Waals surface area (Å²) in [4.78, 5) is 0. The molecule has 0 aliphatic heterocycles. The monoisotopic (exact) mass is 394 g/mol. The van der Waals surface area contributed by atoms with Gasteiger partial charge in [-0.05, 0) is 47.6 Å². The molecule has 0 unspecified atom stereocenters. The molecular weight excluding hydrogens is 348 g/mol. The van der Waals surface area contributed by atoms with Gasteiger partial charge in [0.15, 0.2) is 8.32 Å². The van der Waals surface area contributed by atoms with Crippen molar-refractivity contribution in [3.63, 3.8) is 0 Å². The molecule has 0 saturated carbocycles. The Morgan fingerprint density at radius 3 is 1.77 bits per heavy atom. The van der Waals surface area contributed by atoms with Gasteiger partial charge in [-0.2, -0.15) is 0 Å². The van der Waals surface area contributed by atoms with E-state index < -0.39 is 16.4 Å². The molecule has 0 saturated heterocycles. The van der Waals surface area contributed by atoms with Crippen molar-refractivity contribution in [3.05, 3.63) is 12.7 Å². The third-order valence-electron chi connectivity index (χ3n) is 6.55. The summed E-state index contributed by atoms with van der Waals surface area (Å²) in [6.07, 6.45) is 4.17. The molecule has 0 aromatic carbocycles. The highest BCUT2D eigenvalue weighted by Crippen LogP contribution is 2.41. The highest BCUT2D eigenvalue weighted by Gasteiger charge is 2.41. The van der Waals surface area contributed by atoms with Gasteiger partial charge in [0, 0.05) is 12.5 Å². The molecule has 152 valence electrons. The van der Waals surface area contributed by atoms with Crippen LogP contribution in [-0.2, 0) is 4.43 Å². The Morgan fingerprint density at radius 1 is 0.962 bits per heavy atom. The van der Waals surface area contributed by atoms with Crippen LogP contribution in [-0.4, -0.2) is 23.0 Å². The van der Waals surface area contributed by atoms with Gasteiger partial charge in [-0.15, -0.1) is 18.0 Å². The summed E-state index contributed by atoms with van der Waals surface area (Å²) in [7, 11) is -3.28. The van der Waals surface area contributed by atoms with Gasteiger partial charge in [0.1, 0.15) is 8.07 Å². The normalized spacial score (nSPS) is 14.5. The average Bonchev–Trinajstić information content (AvgIpc) is 2.47. The minimum Gasteiger partial charge on any atom is -0.417 e. The van der Waals surface area contributed by atoms with E-state index in [0.29, 0.717) is 22.5 Å². The van der Waals surface area contributed by atoms with Crippen molar-refractivity contribution < 1.29 is 4.43 Å². The lowest BCUT2D eigenvalue weighted by Gasteiger charge is -2.38. The van der Waals surface area contributed by atoms with Gasteiger partial charge in [-0.3, -0.25) is 0 Å². The molecule has 1 atom stereocenters. The highest BCUT2D eigenvalue weighted by molar-refractivity contribution is 6.90. The number of allylic oxidation sites excluding steroid dienone is 1. The highest BCUT2D eigenvalue weighted by atomic mass is 28.4. The van der Waals surface area contributed by atoms with Crippen LogP contribution in [0, 0.1) is 17.4 Å². The first kappa shape index (κ1) is 25.7. The van der Waals surface area contributed by atoms with Crippen molar-refractivity contribution in [2.75, 3.05) is 6.61 Å². The van der Waals surface area contributed by atoms with Gasteiger partial charge in [0.05, 0.1) is 0 Å². The number of hydrogen-bond acceptors (Lipinski definition) is 1. The van der Waals surface area contributed by atoms with Crippen molar-refractivity contribution in [3.8, 4) is 11.5 Å². The van der Waals surface area contributed by atoms with Crippen molar-refractivity contribution in [2.45, 2.75) is 110 Å². The van der Waals surface area contributed by atoms with Crippen molar-refractivity contribution >= 4 is 16.4 Å². The van der Waals surface area contributed by atoms with Crippen molar-refractivity contribution in [2.24, 2.45) is 5.92 Å². The van der Waals surface area contributed by atoms with Crippen LogP contribution in [0.5, 0.6) is 0 Å². The second-order valence-electron chi connectivity index (χ2n) is 10.3. The third-order valence-corrected chi connectivity index (χ3v) is 17.4. The van der Waals surface area contributed by atoms with E-state index in [-0.39, 0.29) is 5.04 Å². The van der Waals surface area contributed by atoms with Crippen LogP contribution in [0.15, 0.2) is 12.7 Å². The Hall–Kier alpha value is -0.306. The zero-order valence-electron chi connectivity index (χ0n) is 19.6. The van der Waals surface area contributed by atoms with Crippen LogP contribution >= 0.6 is 0 Å². The van der Waals surface area contributed by atoms with Crippen LogP contribution in [0.4, 0.5) is 0 Å². The maximum atomic E-state index is 6.31. The first-order valence-corrected chi connectivity index (χ1v) is 15.7. The van der Waals surface area contributed by atoms with Crippen LogP contribution < -0.4 is 0 Å². The number of rotatable bonds is 9. The fourth-order valence-corrected chi connectivity index (χ4v) is 10.1. The summed E-state index contributed by atoms with van der Waals surface area (Å²) in [6.45, 7) is 30.7. The largest absolute Gasteiger partial charge is 0.417 e. The minimum absolute atomic E-state index is 0.279. The Morgan fingerprint density at radius 2 is 1.42 bits per heavy atom. The van der Waals surface area contributed by atoms with Gasteiger partial charge < -0.3 is 4.43 Å². The van der Waals surface area contributed by atoms with E-state index in [4.69, 9.17) is 4.43 Å². The van der Waals surface area contributed by atoms with Crippen molar-refractivity contribution in [1.82, 2.24) is 0 Å². The van der Waals surface area contributed by atoms with Crippen LogP contribution in [0.3, 0.4) is 0 Å². The van der Waals surface area contributed by atoms with E-state index in [0.717, 1.165) is 19.4 Å². The van der Waals surface area contributed by atoms with E-state index in [1.165, 1.54) is 0 Å². The predicted molar refractivity (Wildman–Crippen MR) is 125 cm³/mol. The maximum Gasteiger partial charge on any atom is 0.191 e. The lowest BCUT2D eigenvalue weighted by atomic mass is 10.1. The van der Waals surface area contributed by atoms with E-state index >= 15 is 0 Å². The molecule has 0 aliphatic carbocycles. The quantitative estimate of drug-likeness (QED) is 0.168. The van der Waals surface area contributed by atoms with E-state index in [1.807, 2.05) is 6.08 Å². The fraction of sp³-hybridized carbons (Fsp3) is 0.826. The standard InChI is InChI=1S/C23H46OSi2/c1-13-22(15-14-17-24-25(11,12)23(8,9)10)16-18-26(19(2)3,20(4)5)21(6)7/h13,19-22H,1,14-15,17H2,2-12H3/t22-/m1/s1. The van der Waals surface area contributed by atoms with Gasteiger partial charge in [0.25, 0.3) is 0 Å².